The molecule has 0 spiro atoms. The van der Waals surface area contributed by atoms with Crippen molar-refractivity contribution < 1.29 is 4.84 Å². The molecule has 0 aliphatic carbocycles. The van der Waals surface area contributed by atoms with E-state index in [9.17, 15) is 9.59 Å². The average Bonchev–Trinajstić information content (AvgIpc) is 3.24. The second kappa shape index (κ2) is 5.73. The largest absolute Gasteiger partial charge is 0.390 e. The zero-order valence-electron chi connectivity index (χ0n) is 13.9. The van der Waals surface area contributed by atoms with Gasteiger partial charge < -0.3 is 9.40 Å². The highest BCUT2D eigenvalue weighted by Gasteiger charge is 2.25. The summed E-state index contributed by atoms with van der Waals surface area (Å²) in [6.45, 7) is 0.145. The first-order chi connectivity index (χ1) is 12.1. The molecular formula is C17H17N5O3. The smallest absolute Gasteiger partial charge is 0.332 e. The van der Waals surface area contributed by atoms with E-state index in [4.69, 9.17) is 4.84 Å². The predicted octanol–water partition coefficient (Wildman–Crippen LogP) is 0.627. The van der Waals surface area contributed by atoms with Crippen molar-refractivity contribution in [3.63, 3.8) is 0 Å². The molecule has 0 fully saturated rings. The van der Waals surface area contributed by atoms with Crippen LogP contribution < -0.4 is 11.2 Å². The van der Waals surface area contributed by atoms with Gasteiger partial charge in [0.1, 0.15) is 0 Å². The van der Waals surface area contributed by atoms with Crippen LogP contribution in [0, 0.1) is 0 Å². The maximum Gasteiger partial charge on any atom is 0.332 e. The van der Waals surface area contributed by atoms with E-state index in [1.807, 2.05) is 30.3 Å². The Bertz CT molecular complexity index is 1090. The first kappa shape index (κ1) is 15.4. The highest BCUT2D eigenvalue weighted by Crippen LogP contribution is 2.17. The SMILES string of the molecule is Cn1cnc2c1c(=O)n(C[C@@H]1CC(c3ccccc3)=NO1)c(=O)n2C. The minimum Gasteiger partial charge on any atom is -0.390 e. The third-order valence-electron chi connectivity index (χ3n) is 4.43. The fourth-order valence-corrected chi connectivity index (χ4v) is 3.09. The lowest BCUT2D eigenvalue weighted by atomic mass is 10.1. The number of nitrogens with zero attached hydrogens (tertiary/aromatic N) is 5. The maximum absolute atomic E-state index is 12.7. The average molecular weight is 339 g/mol. The topological polar surface area (TPSA) is 83.4 Å². The van der Waals surface area contributed by atoms with Crippen LogP contribution in [0.25, 0.3) is 11.2 Å². The van der Waals surface area contributed by atoms with Gasteiger partial charge in [0.25, 0.3) is 5.56 Å². The Morgan fingerprint density at radius 1 is 1.20 bits per heavy atom. The van der Waals surface area contributed by atoms with E-state index in [0.717, 1.165) is 11.3 Å². The van der Waals surface area contributed by atoms with E-state index in [-0.39, 0.29) is 18.2 Å². The molecule has 8 heteroatoms. The van der Waals surface area contributed by atoms with Gasteiger partial charge in [-0.1, -0.05) is 35.5 Å². The van der Waals surface area contributed by atoms with Crippen molar-refractivity contribution in [1.82, 2.24) is 18.7 Å². The number of aryl methyl sites for hydroxylation is 2. The van der Waals surface area contributed by atoms with Gasteiger partial charge in [-0.05, 0) is 5.56 Å². The Kier molecular flexibility index (Phi) is 3.52. The van der Waals surface area contributed by atoms with Gasteiger partial charge in [0.15, 0.2) is 17.3 Å². The van der Waals surface area contributed by atoms with E-state index >= 15 is 0 Å². The molecule has 0 saturated carbocycles. The number of hydrogen-bond donors (Lipinski definition) is 0. The predicted molar refractivity (Wildman–Crippen MR) is 92.7 cm³/mol. The fourth-order valence-electron chi connectivity index (χ4n) is 3.09. The zero-order valence-corrected chi connectivity index (χ0v) is 13.9. The molecule has 1 aliphatic heterocycles. The van der Waals surface area contributed by atoms with Crippen LogP contribution in [0.3, 0.4) is 0 Å². The lowest BCUT2D eigenvalue weighted by molar-refractivity contribution is 0.0706. The van der Waals surface area contributed by atoms with Crippen LogP contribution in [0.4, 0.5) is 0 Å². The molecule has 25 heavy (non-hydrogen) atoms. The van der Waals surface area contributed by atoms with E-state index in [1.54, 1.807) is 18.7 Å². The molecule has 0 unspecified atom stereocenters. The van der Waals surface area contributed by atoms with Gasteiger partial charge in [0.2, 0.25) is 0 Å². The van der Waals surface area contributed by atoms with Crippen molar-refractivity contribution >= 4 is 16.9 Å². The third-order valence-corrected chi connectivity index (χ3v) is 4.43. The van der Waals surface area contributed by atoms with Crippen molar-refractivity contribution in [2.24, 2.45) is 19.3 Å². The molecule has 0 N–H and O–H groups in total. The van der Waals surface area contributed by atoms with Crippen LogP contribution in [0.15, 0.2) is 51.4 Å². The van der Waals surface area contributed by atoms with Crippen LogP contribution in [-0.2, 0) is 25.5 Å². The van der Waals surface area contributed by atoms with Crippen molar-refractivity contribution in [2.45, 2.75) is 19.1 Å². The van der Waals surface area contributed by atoms with E-state index in [0.29, 0.717) is 17.6 Å². The monoisotopic (exact) mass is 339 g/mol. The van der Waals surface area contributed by atoms with Gasteiger partial charge in [0, 0.05) is 20.5 Å². The minimum absolute atomic E-state index is 0.145. The molecule has 128 valence electrons. The Morgan fingerprint density at radius 2 is 1.96 bits per heavy atom. The van der Waals surface area contributed by atoms with Crippen LogP contribution in [0.2, 0.25) is 0 Å². The van der Waals surface area contributed by atoms with Gasteiger partial charge in [0.05, 0.1) is 18.6 Å². The number of aromatic nitrogens is 4. The van der Waals surface area contributed by atoms with Crippen molar-refractivity contribution in [1.29, 1.82) is 0 Å². The van der Waals surface area contributed by atoms with Crippen LogP contribution >= 0.6 is 0 Å². The molecule has 8 nitrogen and oxygen atoms in total. The molecule has 1 aliphatic rings. The molecule has 3 aromatic rings. The Morgan fingerprint density at radius 3 is 2.72 bits per heavy atom. The lowest BCUT2D eigenvalue weighted by Gasteiger charge is -2.12. The summed E-state index contributed by atoms with van der Waals surface area (Å²) in [7, 11) is 3.34. The van der Waals surface area contributed by atoms with E-state index in [2.05, 4.69) is 10.1 Å². The highest BCUT2D eigenvalue weighted by atomic mass is 16.6. The Hall–Kier alpha value is -3.16. The van der Waals surface area contributed by atoms with Gasteiger partial charge in [-0.3, -0.25) is 13.9 Å². The number of imidazole rings is 1. The summed E-state index contributed by atoms with van der Waals surface area (Å²) in [5, 5.41) is 4.11. The molecular weight excluding hydrogens is 322 g/mol. The number of rotatable bonds is 3. The molecule has 0 saturated heterocycles. The molecule has 2 aromatic heterocycles. The van der Waals surface area contributed by atoms with Crippen molar-refractivity contribution in [3.8, 4) is 0 Å². The molecule has 0 radical (unpaired) electrons. The maximum atomic E-state index is 12.7. The third kappa shape index (κ3) is 2.46. The summed E-state index contributed by atoms with van der Waals surface area (Å²) in [5.41, 5.74) is 1.79. The normalized spacial score (nSPS) is 16.9. The highest BCUT2D eigenvalue weighted by molar-refractivity contribution is 6.01. The van der Waals surface area contributed by atoms with Gasteiger partial charge in [-0.25, -0.2) is 9.78 Å². The van der Waals surface area contributed by atoms with Crippen LogP contribution in [0.5, 0.6) is 0 Å². The van der Waals surface area contributed by atoms with Crippen LogP contribution in [0.1, 0.15) is 12.0 Å². The minimum atomic E-state index is -0.409. The Labute approximate surface area is 142 Å². The Balaban J connectivity index is 1.66. The quantitative estimate of drug-likeness (QED) is 0.700. The summed E-state index contributed by atoms with van der Waals surface area (Å²) >= 11 is 0. The number of benzene rings is 1. The fraction of sp³-hybridized carbons (Fsp3) is 0.294. The second-order valence-corrected chi connectivity index (χ2v) is 6.12. The van der Waals surface area contributed by atoms with E-state index < -0.39 is 5.69 Å². The second-order valence-electron chi connectivity index (χ2n) is 6.12. The van der Waals surface area contributed by atoms with Gasteiger partial charge in [-0.15, -0.1) is 0 Å². The summed E-state index contributed by atoms with van der Waals surface area (Å²) in [4.78, 5) is 34.8. The molecule has 0 amide bonds. The summed E-state index contributed by atoms with van der Waals surface area (Å²) in [6, 6.07) is 9.71. The van der Waals surface area contributed by atoms with Crippen molar-refractivity contribution in [3.05, 3.63) is 63.1 Å². The summed E-state index contributed by atoms with van der Waals surface area (Å²) in [6.07, 6.45) is 1.72. The van der Waals surface area contributed by atoms with Crippen molar-refractivity contribution in [2.75, 3.05) is 0 Å². The first-order valence-corrected chi connectivity index (χ1v) is 7.95. The number of fused-ring (bicyclic) bond motifs is 1. The molecule has 1 atom stereocenters. The molecule has 1 aromatic carbocycles. The summed E-state index contributed by atoms with van der Waals surface area (Å²) in [5.74, 6) is 0. The lowest BCUT2D eigenvalue weighted by Crippen LogP contribution is -2.42. The van der Waals surface area contributed by atoms with E-state index in [1.165, 1.54) is 15.5 Å². The number of hydrogen-bond acceptors (Lipinski definition) is 5. The zero-order chi connectivity index (χ0) is 17.6. The van der Waals surface area contributed by atoms with Gasteiger partial charge >= 0.3 is 5.69 Å². The van der Waals surface area contributed by atoms with Crippen LogP contribution in [-0.4, -0.2) is 30.5 Å². The first-order valence-electron chi connectivity index (χ1n) is 7.95. The standard InChI is InChI=1S/C17H17N5O3/c1-20-10-18-15-14(20)16(23)22(17(24)21(15)2)9-12-8-13(19-25-12)11-6-4-3-5-7-11/h3-7,10,12H,8-9H2,1-2H3/t12-/m0/s1. The molecule has 0 bridgehead atoms. The summed E-state index contributed by atoms with van der Waals surface area (Å²) < 4.78 is 4.19. The van der Waals surface area contributed by atoms with Gasteiger partial charge in [-0.2, -0.15) is 0 Å². The molecule has 4 rings (SSSR count). The number of oxime groups is 1. The molecule has 3 heterocycles.